The molecule has 1 aliphatic carbocycles. The summed E-state index contributed by atoms with van der Waals surface area (Å²) in [5.41, 5.74) is -0.438. The van der Waals surface area contributed by atoms with Gasteiger partial charge >= 0.3 is 6.09 Å². The molecule has 20 heavy (non-hydrogen) atoms. The van der Waals surface area contributed by atoms with Gasteiger partial charge in [-0.25, -0.2) is 4.79 Å². The number of thiophene rings is 1. The van der Waals surface area contributed by atoms with Crippen molar-refractivity contribution in [2.75, 3.05) is 0 Å². The van der Waals surface area contributed by atoms with E-state index in [0.29, 0.717) is 5.92 Å². The van der Waals surface area contributed by atoms with Crippen LogP contribution in [0.1, 0.15) is 38.0 Å². The number of nitrogens with one attached hydrogen (secondary N) is 1. The maximum atomic E-state index is 11.7. The molecule has 2 aromatic rings. The fourth-order valence-electron chi connectivity index (χ4n) is 2.31. The molecule has 1 aromatic carbocycles. The van der Waals surface area contributed by atoms with Crippen molar-refractivity contribution in [1.82, 2.24) is 5.32 Å². The lowest BCUT2D eigenvalue weighted by Crippen LogP contribution is -2.34. The van der Waals surface area contributed by atoms with Crippen molar-refractivity contribution in [3.63, 3.8) is 0 Å². The van der Waals surface area contributed by atoms with Crippen LogP contribution in [0.5, 0.6) is 0 Å². The number of hydrogen-bond acceptors (Lipinski definition) is 3. The Labute approximate surface area is 122 Å². The monoisotopic (exact) mass is 289 g/mol. The van der Waals surface area contributed by atoms with Crippen LogP contribution in [0.2, 0.25) is 0 Å². The van der Waals surface area contributed by atoms with Crippen molar-refractivity contribution >= 4 is 27.5 Å². The van der Waals surface area contributed by atoms with Gasteiger partial charge in [-0.1, -0.05) is 18.2 Å². The normalized spacial score (nSPS) is 21.8. The number of carbonyl (C=O) groups excluding carboxylic acids is 1. The summed E-state index contributed by atoms with van der Waals surface area (Å²) in [5.74, 6) is 0.444. The average Bonchev–Trinajstić information content (AvgIpc) is 2.95. The van der Waals surface area contributed by atoms with Crippen LogP contribution >= 0.6 is 11.3 Å². The van der Waals surface area contributed by atoms with Gasteiger partial charge in [0.2, 0.25) is 0 Å². The lowest BCUT2D eigenvalue weighted by atomic mass is 10.2. The molecule has 1 aromatic heterocycles. The zero-order chi connectivity index (χ0) is 14.3. The van der Waals surface area contributed by atoms with Crippen LogP contribution in [-0.2, 0) is 4.74 Å². The van der Waals surface area contributed by atoms with Gasteiger partial charge in [-0.15, -0.1) is 11.3 Å². The van der Waals surface area contributed by atoms with Gasteiger partial charge in [-0.2, -0.15) is 0 Å². The van der Waals surface area contributed by atoms with Gasteiger partial charge in [0.05, 0.1) is 0 Å². The van der Waals surface area contributed by atoms with Crippen molar-refractivity contribution < 1.29 is 9.53 Å². The van der Waals surface area contributed by atoms with Crippen LogP contribution in [0.15, 0.2) is 30.3 Å². The first-order chi connectivity index (χ1) is 9.42. The van der Waals surface area contributed by atoms with Crippen molar-refractivity contribution in [3.8, 4) is 0 Å². The van der Waals surface area contributed by atoms with Crippen LogP contribution in [-0.4, -0.2) is 17.7 Å². The van der Waals surface area contributed by atoms with Gasteiger partial charge in [0.1, 0.15) is 5.60 Å². The van der Waals surface area contributed by atoms with Gasteiger partial charge < -0.3 is 10.1 Å². The van der Waals surface area contributed by atoms with E-state index < -0.39 is 5.60 Å². The maximum absolute atomic E-state index is 11.7. The number of amides is 1. The Hall–Kier alpha value is -1.55. The molecule has 0 saturated heterocycles. The molecule has 0 unspecified atom stereocenters. The van der Waals surface area contributed by atoms with Gasteiger partial charge in [-0.05, 0) is 44.7 Å². The van der Waals surface area contributed by atoms with E-state index in [4.69, 9.17) is 4.74 Å². The summed E-state index contributed by atoms with van der Waals surface area (Å²) in [6, 6.07) is 10.9. The molecule has 0 bridgehead atoms. The second-order valence-corrected chi connectivity index (χ2v) is 7.40. The highest BCUT2D eigenvalue weighted by Crippen LogP contribution is 2.45. The summed E-state index contributed by atoms with van der Waals surface area (Å²) in [6.07, 6.45) is 0.692. The Morgan fingerprint density at radius 2 is 2.10 bits per heavy atom. The lowest BCUT2D eigenvalue weighted by molar-refractivity contribution is 0.0523. The van der Waals surface area contributed by atoms with E-state index in [1.165, 1.54) is 15.0 Å². The van der Waals surface area contributed by atoms with Crippen LogP contribution in [0.3, 0.4) is 0 Å². The predicted octanol–water partition coefficient (Wildman–Crippen LogP) is 4.28. The van der Waals surface area contributed by atoms with Gasteiger partial charge in [0.25, 0.3) is 0 Å². The minimum absolute atomic E-state index is 0.220. The van der Waals surface area contributed by atoms with E-state index in [9.17, 15) is 4.79 Å². The number of fused-ring (bicyclic) bond motifs is 1. The third-order valence-electron chi connectivity index (χ3n) is 3.30. The molecule has 0 radical (unpaired) electrons. The van der Waals surface area contributed by atoms with E-state index in [-0.39, 0.29) is 12.1 Å². The molecule has 0 aliphatic heterocycles. The van der Waals surface area contributed by atoms with Gasteiger partial charge in [0.15, 0.2) is 0 Å². The first kappa shape index (κ1) is 13.4. The quantitative estimate of drug-likeness (QED) is 0.896. The molecule has 4 heteroatoms. The molecule has 106 valence electrons. The number of carbonyl (C=O) groups is 1. The Morgan fingerprint density at radius 3 is 2.80 bits per heavy atom. The largest absolute Gasteiger partial charge is 0.444 e. The van der Waals surface area contributed by atoms with Crippen molar-refractivity contribution in [1.29, 1.82) is 0 Å². The van der Waals surface area contributed by atoms with Crippen LogP contribution in [0, 0.1) is 0 Å². The van der Waals surface area contributed by atoms with Crippen molar-refractivity contribution in [2.24, 2.45) is 0 Å². The molecular formula is C16H19NO2S. The highest BCUT2D eigenvalue weighted by Gasteiger charge is 2.41. The Bertz CT molecular complexity index is 608. The number of benzene rings is 1. The highest BCUT2D eigenvalue weighted by atomic mass is 32.1. The zero-order valence-electron chi connectivity index (χ0n) is 12.0. The number of alkyl carbamates (subject to hydrolysis) is 1. The van der Waals surface area contributed by atoms with Crippen LogP contribution in [0.4, 0.5) is 4.79 Å². The maximum Gasteiger partial charge on any atom is 0.407 e. The molecule has 1 fully saturated rings. The smallest absolute Gasteiger partial charge is 0.407 e. The van der Waals surface area contributed by atoms with Gasteiger partial charge in [0, 0.05) is 21.5 Å². The second-order valence-electron chi connectivity index (χ2n) is 6.28. The fraction of sp³-hybridized carbons (Fsp3) is 0.438. The van der Waals surface area contributed by atoms with Crippen molar-refractivity contribution in [3.05, 3.63) is 35.2 Å². The molecule has 1 saturated carbocycles. The molecular weight excluding hydrogens is 270 g/mol. The van der Waals surface area contributed by atoms with Crippen LogP contribution in [0.25, 0.3) is 10.1 Å². The summed E-state index contributed by atoms with van der Waals surface area (Å²) in [7, 11) is 0. The minimum atomic E-state index is -0.438. The SMILES string of the molecule is CC(C)(C)OC(=O)N[C@H]1C[C@@H]1c1cc2ccccc2s1. The fourth-order valence-corrected chi connectivity index (χ4v) is 3.56. The van der Waals surface area contributed by atoms with E-state index in [1.54, 1.807) is 0 Å². The number of hydrogen-bond donors (Lipinski definition) is 1. The molecule has 3 rings (SSSR count). The lowest BCUT2D eigenvalue weighted by Gasteiger charge is -2.19. The van der Waals surface area contributed by atoms with E-state index in [2.05, 4.69) is 35.6 Å². The van der Waals surface area contributed by atoms with Crippen molar-refractivity contribution in [2.45, 2.75) is 44.8 Å². The predicted molar refractivity (Wildman–Crippen MR) is 82.3 cm³/mol. The first-order valence-corrected chi connectivity index (χ1v) is 7.72. The Balaban J connectivity index is 1.63. The summed E-state index contributed by atoms with van der Waals surface area (Å²) in [4.78, 5) is 13.1. The molecule has 1 N–H and O–H groups in total. The molecule has 1 amide bonds. The summed E-state index contributed by atoms with van der Waals surface area (Å²) < 4.78 is 6.60. The highest BCUT2D eigenvalue weighted by molar-refractivity contribution is 7.19. The van der Waals surface area contributed by atoms with Gasteiger partial charge in [-0.3, -0.25) is 0 Å². The van der Waals surface area contributed by atoms with E-state index in [1.807, 2.05) is 32.1 Å². The first-order valence-electron chi connectivity index (χ1n) is 6.90. The molecule has 3 nitrogen and oxygen atoms in total. The Kier molecular flexibility index (Phi) is 3.21. The summed E-state index contributed by atoms with van der Waals surface area (Å²) in [6.45, 7) is 5.63. The average molecular weight is 289 g/mol. The molecule has 1 aliphatic rings. The molecule has 1 heterocycles. The molecule has 0 spiro atoms. The molecule has 2 atom stereocenters. The number of ether oxygens (including phenoxy) is 1. The minimum Gasteiger partial charge on any atom is -0.444 e. The van der Waals surface area contributed by atoms with E-state index >= 15 is 0 Å². The third kappa shape index (κ3) is 2.96. The Morgan fingerprint density at radius 1 is 1.35 bits per heavy atom. The van der Waals surface area contributed by atoms with E-state index in [0.717, 1.165) is 6.42 Å². The topological polar surface area (TPSA) is 38.3 Å². The summed E-state index contributed by atoms with van der Waals surface area (Å²) in [5, 5.41) is 4.24. The standard InChI is InChI=1S/C16H19NO2S/c1-16(2,3)19-15(18)17-12-9-11(12)14-8-10-6-4-5-7-13(10)20-14/h4-8,11-12H,9H2,1-3H3,(H,17,18)/t11-,12-/m0/s1. The zero-order valence-corrected chi connectivity index (χ0v) is 12.8. The van der Waals surface area contributed by atoms with Crippen LogP contribution < -0.4 is 5.32 Å². The summed E-state index contributed by atoms with van der Waals surface area (Å²) >= 11 is 1.82. The second kappa shape index (κ2) is 4.77. The third-order valence-corrected chi connectivity index (χ3v) is 4.55. The number of rotatable bonds is 2.